The molecule has 2 N–H and O–H groups in total. The molecule has 1 rings (SSSR count). The van der Waals surface area contributed by atoms with E-state index >= 15 is 0 Å². The number of hydrogen-bond donors (Lipinski definition) is 1. The van der Waals surface area contributed by atoms with Crippen molar-refractivity contribution in [1.29, 1.82) is 0 Å². The van der Waals surface area contributed by atoms with Crippen molar-refractivity contribution in [2.24, 2.45) is 17.6 Å². The van der Waals surface area contributed by atoms with E-state index in [1.807, 2.05) is 6.92 Å². The predicted molar refractivity (Wildman–Crippen MR) is 35.9 cm³/mol. The van der Waals surface area contributed by atoms with Gasteiger partial charge >= 0.3 is 0 Å². The molecule has 1 saturated carbocycles. The van der Waals surface area contributed by atoms with E-state index in [9.17, 15) is 4.79 Å². The average Bonchev–Trinajstić information content (AvgIpc) is 1.98. The summed E-state index contributed by atoms with van der Waals surface area (Å²) in [6.07, 6.45) is 0.875. The zero-order valence-electron chi connectivity index (χ0n) is 5.92. The highest BCUT2D eigenvalue weighted by Crippen LogP contribution is 2.26. The first-order valence-corrected chi connectivity index (χ1v) is 3.42. The summed E-state index contributed by atoms with van der Waals surface area (Å²) in [4.78, 5) is 11.0. The molecule has 1 aliphatic carbocycles. The SMILES string of the molecule is CC1CC(N)C(=O)C1C. The van der Waals surface area contributed by atoms with E-state index in [4.69, 9.17) is 5.73 Å². The van der Waals surface area contributed by atoms with Crippen molar-refractivity contribution in [2.75, 3.05) is 0 Å². The van der Waals surface area contributed by atoms with Crippen LogP contribution >= 0.6 is 0 Å². The van der Waals surface area contributed by atoms with Crippen LogP contribution in [-0.2, 0) is 4.79 Å². The fourth-order valence-corrected chi connectivity index (χ4v) is 1.34. The predicted octanol–water partition coefficient (Wildman–Crippen LogP) is 0.559. The fourth-order valence-electron chi connectivity index (χ4n) is 1.34. The second-order valence-electron chi connectivity index (χ2n) is 3.01. The van der Waals surface area contributed by atoms with Gasteiger partial charge in [-0.3, -0.25) is 4.79 Å². The number of rotatable bonds is 0. The molecule has 2 heteroatoms. The van der Waals surface area contributed by atoms with Crippen LogP contribution in [0.15, 0.2) is 0 Å². The largest absolute Gasteiger partial charge is 0.321 e. The van der Waals surface area contributed by atoms with Crippen LogP contribution in [0.2, 0.25) is 0 Å². The molecule has 0 aromatic heterocycles. The van der Waals surface area contributed by atoms with Crippen LogP contribution in [0, 0.1) is 11.8 Å². The molecular formula is C7H13NO. The Morgan fingerprint density at radius 3 is 2.22 bits per heavy atom. The lowest BCUT2D eigenvalue weighted by molar-refractivity contribution is -0.121. The highest BCUT2D eigenvalue weighted by molar-refractivity contribution is 5.88. The lowest BCUT2D eigenvalue weighted by Crippen LogP contribution is -2.26. The third kappa shape index (κ3) is 0.990. The first-order chi connectivity index (χ1) is 4.13. The highest BCUT2D eigenvalue weighted by atomic mass is 16.1. The van der Waals surface area contributed by atoms with Crippen LogP contribution in [0.3, 0.4) is 0 Å². The van der Waals surface area contributed by atoms with Gasteiger partial charge < -0.3 is 5.73 Å². The highest BCUT2D eigenvalue weighted by Gasteiger charge is 2.33. The van der Waals surface area contributed by atoms with Gasteiger partial charge in [0.2, 0.25) is 0 Å². The van der Waals surface area contributed by atoms with E-state index in [0.29, 0.717) is 5.92 Å². The number of hydrogen-bond acceptors (Lipinski definition) is 2. The number of carbonyl (C=O) groups is 1. The van der Waals surface area contributed by atoms with Crippen molar-refractivity contribution in [3.05, 3.63) is 0 Å². The van der Waals surface area contributed by atoms with Crippen molar-refractivity contribution in [3.8, 4) is 0 Å². The molecule has 1 aliphatic rings. The monoisotopic (exact) mass is 127 g/mol. The second-order valence-corrected chi connectivity index (χ2v) is 3.01. The van der Waals surface area contributed by atoms with Crippen LogP contribution < -0.4 is 5.73 Å². The average molecular weight is 127 g/mol. The second kappa shape index (κ2) is 2.10. The van der Waals surface area contributed by atoms with Crippen LogP contribution in [0.4, 0.5) is 0 Å². The maximum Gasteiger partial charge on any atom is 0.152 e. The van der Waals surface area contributed by atoms with E-state index in [1.54, 1.807) is 0 Å². The zero-order chi connectivity index (χ0) is 7.02. The Hall–Kier alpha value is -0.370. The molecule has 3 unspecified atom stereocenters. The Morgan fingerprint density at radius 2 is 2.11 bits per heavy atom. The molecular weight excluding hydrogens is 114 g/mol. The lowest BCUT2D eigenvalue weighted by Gasteiger charge is -2.03. The molecule has 0 radical (unpaired) electrons. The van der Waals surface area contributed by atoms with Gasteiger partial charge in [-0.2, -0.15) is 0 Å². The summed E-state index contributed by atoms with van der Waals surface area (Å²) >= 11 is 0. The molecule has 0 spiro atoms. The van der Waals surface area contributed by atoms with E-state index < -0.39 is 0 Å². The third-order valence-corrected chi connectivity index (χ3v) is 2.29. The van der Waals surface area contributed by atoms with Gasteiger partial charge in [0, 0.05) is 5.92 Å². The summed E-state index contributed by atoms with van der Waals surface area (Å²) in [5, 5.41) is 0. The standard InChI is InChI=1S/C7H13NO/c1-4-3-6(8)7(9)5(4)2/h4-6H,3,8H2,1-2H3. The van der Waals surface area contributed by atoms with E-state index in [2.05, 4.69) is 6.92 Å². The Kier molecular flexibility index (Phi) is 1.58. The van der Waals surface area contributed by atoms with Crippen LogP contribution in [-0.4, -0.2) is 11.8 Å². The molecule has 0 amide bonds. The minimum absolute atomic E-state index is 0.171. The molecule has 0 saturated heterocycles. The smallest absolute Gasteiger partial charge is 0.152 e. The summed E-state index contributed by atoms with van der Waals surface area (Å²) in [5.74, 6) is 0.926. The van der Waals surface area contributed by atoms with E-state index in [-0.39, 0.29) is 17.7 Å². The van der Waals surface area contributed by atoms with Gasteiger partial charge in [0.05, 0.1) is 6.04 Å². The van der Waals surface area contributed by atoms with E-state index in [1.165, 1.54) is 0 Å². The topological polar surface area (TPSA) is 43.1 Å². The lowest BCUT2D eigenvalue weighted by atomic mass is 10.0. The Morgan fingerprint density at radius 1 is 1.56 bits per heavy atom. The minimum atomic E-state index is -0.171. The van der Waals surface area contributed by atoms with Gasteiger partial charge in [0.15, 0.2) is 5.78 Å². The van der Waals surface area contributed by atoms with Crippen molar-refractivity contribution in [2.45, 2.75) is 26.3 Å². The molecule has 0 aromatic rings. The van der Waals surface area contributed by atoms with Crippen molar-refractivity contribution < 1.29 is 4.79 Å². The number of Topliss-reactive ketones (excluding diaryl/α,β-unsaturated/α-hetero) is 1. The van der Waals surface area contributed by atoms with Gasteiger partial charge in [-0.25, -0.2) is 0 Å². The quantitative estimate of drug-likeness (QED) is 0.516. The van der Waals surface area contributed by atoms with Crippen molar-refractivity contribution in [1.82, 2.24) is 0 Å². The molecule has 0 aliphatic heterocycles. The van der Waals surface area contributed by atoms with E-state index in [0.717, 1.165) is 6.42 Å². The first-order valence-electron chi connectivity index (χ1n) is 3.42. The summed E-state index contributed by atoms with van der Waals surface area (Å²) in [7, 11) is 0. The maximum atomic E-state index is 11.0. The number of ketones is 1. The van der Waals surface area contributed by atoms with Crippen molar-refractivity contribution in [3.63, 3.8) is 0 Å². The van der Waals surface area contributed by atoms with Crippen LogP contribution in [0.25, 0.3) is 0 Å². The van der Waals surface area contributed by atoms with Gasteiger partial charge in [-0.1, -0.05) is 13.8 Å². The molecule has 0 bridgehead atoms. The van der Waals surface area contributed by atoms with Gasteiger partial charge in [-0.05, 0) is 12.3 Å². The summed E-state index contributed by atoms with van der Waals surface area (Å²) in [6.45, 7) is 4.04. The number of carbonyl (C=O) groups excluding carboxylic acids is 1. The molecule has 52 valence electrons. The summed E-state index contributed by atoms with van der Waals surface area (Å²) in [5.41, 5.74) is 5.51. The zero-order valence-corrected chi connectivity index (χ0v) is 5.92. The van der Waals surface area contributed by atoms with Gasteiger partial charge in [-0.15, -0.1) is 0 Å². The fraction of sp³-hybridized carbons (Fsp3) is 0.857. The Bertz CT molecular complexity index is 133. The normalized spacial score (nSPS) is 43.9. The molecule has 0 aromatic carbocycles. The first kappa shape index (κ1) is 6.75. The summed E-state index contributed by atoms with van der Waals surface area (Å²) in [6, 6.07) is -0.171. The third-order valence-electron chi connectivity index (χ3n) is 2.29. The van der Waals surface area contributed by atoms with Crippen molar-refractivity contribution >= 4 is 5.78 Å². The molecule has 3 atom stereocenters. The molecule has 0 heterocycles. The van der Waals surface area contributed by atoms with Crippen LogP contribution in [0.5, 0.6) is 0 Å². The molecule has 2 nitrogen and oxygen atoms in total. The Balaban J connectivity index is 2.65. The van der Waals surface area contributed by atoms with Gasteiger partial charge in [0.25, 0.3) is 0 Å². The molecule has 1 fully saturated rings. The maximum absolute atomic E-state index is 11.0. The summed E-state index contributed by atoms with van der Waals surface area (Å²) < 4.78 is 0. The minimum Gasteiger partial charge on any atom is -0.321 e. The van der Waals surface area contributed by atoms with Gasteiger partial charge in [0.1, 0.15) is 0 Å². The number of nitrogens with two attached hydrogens (primary N) is 1. The van der Waals surface area contributed by atoms with Crippen LogP contribution in [0.1, 0.15) is 20.3 Å². The molecule has 9 heavy (non-hydrogen) atoms. The Labute approximate surface area is 55.4 Å².